The van der Waals surface area contributed by atoms with E-state index in [0.29, 0.717) is 0 Å². The molecule has 4 N–H and O–H groups in total. The van der Waals surface area contributed by atoms with Crippen molar-refractivity contribution in [3.05, 3.63) is 50.6 Å². The summed E-state index contributed by atoms with van der Waals surface area (Å²) in [5.41, 5.74) is 5.23. The lowest BCUT2D eigenvalue weighted by Crippen LogP contribution is -2.68. The lowest BCUT2D eigenvalue weighted by atomic mass is 9.58. The number of rotatable bonds is 20. The first-order valence-corrected chi connectivity index (χ1v) is 11.5. The Morgan fingerprint density at radius 3 is 1.73 bits per heavy atom. The molecule has 0 aromatic carbocycles. The average molecular weight is 419 g/mol. The summed E-state index contributed by atoms with van der Waals surface area (Å²) >= 11 is 0. The van der Waals surface area contributed by atoms with Crippen LogP contribution >= 0.6 is 0 Å². The van der Waals surface area contributed by atoms with Crippen molar-refractivity contribution >= 4 is 0 Å². The molecular formula is C26H50N4. The van der Waals surface area contributed by atoms with Crippen LogP contribution < -0.4 is 16.4 Å². The summed E-state index contributed by atoms with van der Waals surface area (Å²) < 4.78 is 0. The Bertz CT molecular complexity index is 487. The topological polar surface area (TPSA) is 53.3 Å². The maximum Gasteiger partial charge on any atom is 0.0352 e. The molecule has 0 rings (SSSR count). The van der Waals surface area contributed by atoms with Crippen LogP contribution in [0.3, 0.4) is 0 Å². The van der Waals surface area contributed by atoms with Gasteiger partial charge in [-0.1, -0.05) is 38.2 Å². The van der Waals surface area contributed by atoms with Gasteiger partial charge in [-0.05, 0) is 72.1 Å². The van der Waals surface area contributed by atoms with Gasteiger partial charge < -0.3 is 16.4 Å². The van der Waals surface area contributed by atoms with E-state index in [2.05, 4.69) is 69.5 Å². The minimum atomic E-state index is -0.140. The van der Waals surface area contributed by atoms with Crippen molar-refractivity contribution in [2.45, 2.75) is 70.9 Å². The molecule has 0 aliphatic rings. The van der Waals surface area contributed by atoms with Gasteiger partial charge in [-0.2, -0.15) is 0 Å². The molecule has 0 atom stereocenters. The molecule has 0 bridgehead atoms. The van der Waals surface area contributed by atoms with Crippen LogP contribution in [0.15, 0.2) is 50.6 Å². The molecule has 0 aliphatic carbocycles. The SMILES string of the molecule is C=CCN(CC=C)C(CC=C)(CC=C)C(C)(C)C(C)(C)NCCCCNCCCN. The third-order valence-corrected chi connectivity index (χ3v) is 6.90. The van der Waals surface area contributed by atoms with Gasteiger partial charge in [-0.15, -0.1) is 26.3 Å². The largest absolute Gasteiger partial charge is 0.330 e. The van der Waals surface area contributed by atoms with Crippen LogP contribution in [0.2, 0.25) is 0 Å². The fraction of sp³-hybridized carbons (Fsp3) is 0.692. The molecule has 0 fully saturated rings. The smallest absolute Gasteiger partial charge is 0.0352 e. The van der Waals surface area contributed by atoms with Gasteiger partial charge in [-0.3, -0.25) is 4.90 Å². The van der Waals surface area contributed by atoms with Crippen molar-refractivity contribution in [1.82, 2.24) is 15.5 Å². The fourth-order valence-corrected chi connectivity index (χ4v) is 4.39. The lowest BCUT2D eigenvalue weighted by molar-refractivity contribution is -0.0515. The van der Waals surface area contributed by atoms with Crippen molar-refractivity contribution in [1.29, 1.82) is 0 Å². The van der Waals surface area contributed by atoms with Gasteiger partial charge in [-0.25, -0.2) is 0 Å². The van der Waals surface area contributed by atoms with Crippen LogP contribution in [0.4, 0.5) is 0 Å². The van der Waals surface area contributed by atoms with Crippen molar-refractivity contribution in [3.63, 3.8) is 0 Å². The maximum atomic E-state index is 5.54. The second-order valence-electron chi connectivity index (χ2n) is 9.28. The third-order valence-electron chi connectivity index (χ3n) is 6.90. The molecular weight excluding hydrogens is 368 g/mol. The van der Waals surface area contributed by atoms with E-state index in [4.69, 9.17) is 5.73 Å². The van der Waals surface area contributed by atoms with Crippen LogP contribution in [-0.2, 0) is 0 Å². The standard InChI is InChI=1S/C26H50N4/c1-9-16-26(17-10-2,30(22-11-3)23-12-4)24(5,6)25(7,8)29-21-14-13-19-28-20-15-18-27/h9-12,28-29H,1-4,13-23,27H2,5-8H3. The van der Waals surface area contributed by atoms with Gasteiger partial charge >= 0.3 is 0 Å². The Morgan fingerprint density at radius 2 is 1.27 bits per heavy atom. The molecule has 0 aliphatic heterocycles. The number of nitrogens with zero attached hydrogens (tertiary/aromatic N) is 1. The molecule has 0 spiro atoms. The van der Waals surface area contributed by atoms with Crippen molar-refractivity contribution in [3.8, 4) is 0 Å². The number of unbranched alkanes of at least 4 members (excludes halogenated alkanes) is 1. The van der Waals surface area contributed by atoms with Crippen molar-refractivity contribution < 1.29 is 0 Å². The summed E-state index contributed by atoms with van der Waals surface area (Å²) in [4.78, 5) is 2.49. The minimum absolute atomic E-state index is 0.0756. The predicted molar refractivity (Wildman–Crippen MR) is 136 cm³/mol. The Balaban J connectivity index is 5.42. The highest BCUT2D eigenvalue weighted by molar-refractivity contribution is 5.16. The first-order chi connectivity index (χ1) is 14.2. The van der Waals surface area contributed by atoms with Gasteiger partial charge in [0.05, 0.1) is 0 Å². The quantitative estimate of drug-likeness (QED) is 0.199. The van der Waals surface area contributed by atoms with E-state index in [9.17, 15) is 0 Å². The van der Waals surface area contributed by atoms with E-state index in [1.807, 2.05) is 24.3 Å². The molecule has 4 nitrogen and oxygen atoms in total. The summed E-state index contributed by atoms with van der Waals surface area (Å²) in [5, 5.41) is 7.33. The normalized spacial score (nSPS) is 12.7. The monoisotopic (exact) mass is 418 g/mol. The molecule has 0 unspecified atom stereocenters. The molecule has 0 saturated carbocycles. The highest BCUT2D eigenvalue weighted by Crippen LogP contribution is 2.49. The van der Waals surface area contributed by atoms with Crippen LogP contribution in [0.5, 0.6) is 0 Å². The number of hydrogen-bond acceptors (Lipinski definition) is 4. The molecule has 30 heavy (non-hydrogen) atoms. The van der Waals surface area contributed by atoms with E-state index in [1.165, 1.54) is 0 Å². The summed E-state index contributed by atoms with van der Waals surface area (Å²) in [7, 11) is 0. The summed E-state index contributed by atoms with van der Waals surface area (Å²) in [5.74, 6) is 0. The summed E-state index contributed by atoms with van der Waals surface area (Å²) in [6.07, 6.45) is 13.2. The first-order valence-electron chi connectivity index (χ1n) is 11.5. The van der Waals surface area contributed by atoms with Crippen LogP contribution in [0, 0.1) is 5.41 Å². The van der Waals surface area contributed by atoms with Crippen LogP contribution in [0.1, 0.15) is 59.8 Å². The fourth-order valence-electron chi connectivity index (χ4n) is 4.39. The minimum Gasteiger partial charge on any atom is -0.330 e. The molecule has 174 valence electrons. The van der Waals surface area contributed by atoms with Gasteiger partial charge in [0.25, 0.3) is 0 Å². The molecule has 4 heteroatoms. The molecule has 0 aromatic heterocycles. The number of nitrogens with one attached hydrogen (secondary N) is 2. The molecule has 0 amide bonds. The Hall–Kier alpha value is -1.20. The molecule has 0 aromatic rings. The second kappa shape index (κ2) is 14.7. The Labute approximate surface area is 187 Å². The van der Waals surface area contributed by atoms with Crippen LogP contribution in [0.25, 0.3) is 0 Å². The number of hydrogen-bond donors (Lipinski definition) is 3. The predicted octanol–water partition coefficient (Wildman–Crippen LogP) is 4.66. The highest BCUT2D eigenvalue weighted by atomic mass is 15.2. The van der Waals surface area contributed by atoms with E-state index in [1.54, 1.807) is 0 Å². The third kappa shape index (κ3) is 7.81. The first kappa shape index (κ1) is 28.8. The van der Waals surface area contributed by atoms with Gasteiger partial charge in [0.2, 0.25) is 0 Å². The van der Waals surface area contributed by atoms with Crippen molar-refractivity contribution in [2.24, 2.45) is 11.1 Å². The van der Waals surface area contributed by atoms with Gasteiger partial charge in [0.1, 0.15) is 0 Å². The second-order valence-corrected chi connectivity index (χ2v) is 9.28. The zero-order valence-corrected chi connectivity index (χ0v) is 20.4. The summed E-state index contributed by atoms with van der Waals surface area (Å²) in [6, 6.07) is 0. The summed E-state index contributed by atoms with van der Waals surface area (Å²) in [6.45, 7) is 31.0. The maximum absolute atomic E-state index is 5.54. The molecule has 0 saturated heterocycles. The number of nitrogens with two attached hydrogens (primary N) is 1. The van der Waals surface area contributed by atoms with Crippen molar-refractivity contribution in [2.75, 3.05) is 39.3 Å². The van der Waals surface area contributed by atoms with Gasteiger partial charge in [0, 0.05) is 29.6 Å². The Morgan fingerprint density at radius 1 is 0.767 bits per heavy atom. The zero-order chi connectivity index (χ0) is 23.1. The van der Waals surface area contributed by atoms with Crippen LogP contribution in [-0.4, -0.2) is 55.2 Å². The average Bonchev–Trinajstić information content (AvgIpc) is 2.69. The molecule has 0 radical (unpaired) electrons. The van der Waals surface area contributed by atoms with E-state index >= 15 is 0 Å². The highest BCUT2D eigenvalue weighted by Gasteiger charge is 2.54. The molecule has 0 heterocycles. The zero-order valence-electron chi connectivity index (χ0n) is 20.4. The van der Waals surface area contributed by atoms with E-state index < -0.39 is 0 Å². The van der Waals surface area contributed by atoms with Gasteiger partial charge in [0.15, 0.2) is 0 Å². The Kier molecular flexibility index (Phi) is 14.2. The lowest BCUT2D eigenvalue weighted by Gasteiger charge is -2.59. The van der Waals surface area contributed by atoms with E-state index in [0.717, 1.165) is 71.4 Å². The van der Waals surface area contributed by atoms with E-state index in [-0.39, 0.29) is 16.5 Å².